The Morgan fingerprint density at radius 2 is 1.77 bits per heavy atom. The topological polar surface area (TPSA) is 92.1 Å². The molecule has 2 unspecified atom stereocenters. The first-order valence-corrected chi connectivity index (χ1v) is 10.9. The Hall–Kier alpha value is -3.12. The van der Waals surface area contributed by atoms with Gasteiger partial charge in [0.25, 0.3) is 0 Å². The molecule has 0 radical (unpaired) electrons. The van der Waals surface area contributed by atoms with E-state index in [-0.39, 0.29) is 17.2 Å². The van der Waals surface area contributed by atoms with Crippen molar-refractivity contribution >= 4 is 16.7 Å². The Bertz CT molecular complexity index is 1120. The van der Waals surface area contributed by atoms with Crippen LogP contribution in [-0.2, 0) is 0 Å². The van der Waals surface area contributed by atoms with E-state index < -0.39 is 11.5 Å². The van der Waals surface area contributed by atoms with E-state index in [4.69, 9.17) is 10.3 Å². The van der Waals surface area contributed by atoms with Gasteiger partial charge in [-0.1, -0.05) is 48.9 Å². The Kier molecular flexibility index (Phi) is 6.37. The van der Waals surface area contributed by atoms with E-state index in [0.29, 0.717) is 17.5 Å². The lowest BCUT2D eigenvalue weighted by Gasteiger charge is -2.34. The van der Waals surface area contributed by atoms with E-state index in [1.165, 1.54) is 6.42 Å². The summed E-state index contributed by atoms with van der Waals surface area (Å²) in [7, 11) is 0. The lowest BCUT2D eigenvalue weighted by Crippen LogP contribution is -2.40. The van der Waals surface area contributed by atoms with E-state index in [2.05, 4.69) is 10.0 Å². The van der Waals surface area contributed by atoms with Crippen LogP contribution < -0.4 is 11.5 Å². The zero-order chi connectivity index (χ0) is 21.8. The molecular formula is C25H29N3O3. The average molecular weight is 420 g/mol. The van der Waals surface area contributed by atoms with E-state index in [9.17, 15) is 9.90 Å². The van der Waals surface area contributed by atoms with Crippen LogP contribution in [0.3, 0.4) is 0 Å². The molecule has 6 heteroatoms. The highest BCUT2D eigenvalue weighted by Gasteiger charge is 2.34. The van der Waals surface area contributed by atoms with Crippen LogP contribution >= 0.6 is 0 Å². The van der Waals surface area contributed by atoms with Crippen molar-refractivity contribution in [2.45, 2.75) is 32.1 Å². The summed E-state index contributed by atoms with van der Waals surface area (Å²) in [4.78, 5) is 15.6. The summed E-state index contributed by atoms with van der Waals surface area (Å²) in [6.45, 7) is 4.62. The van der Waals surface area contributed by atoms with Crippen molar-refractivity contribution in [2.75, 3.05) is 19.6 Å². The predicted octanol–water partition coefficient (Wildman–Crippen LogP) is 4.07. The molecule has 1 fully saturated rings. The van der Waals surface area contributed by atoms with Gasteiger partial charge in [0.15, 0.2) is 0 Å². The van der Waals surface area contributed by atoms with Crippen LogP contribution in [0, 0.1) is 5.92 Å². The molecule has 4 rings (SSSR count). The number of rotatable bonds is 6. The lowest BCUT2D eigenvalue weighted by molar-refractivity contribution is 0.207. The molecule has 1 aromatic heterocycles. The Labute approximate surface area is 182 Å². The second-order valence-electron chi connectivity index (χ2n) is 8.27. The largest absolute Gasteiger partial charge is 0.507 e. The number of hydrazone groups is 1. The molecule has 0 saturated carbocycles. The number of fused-ring (bicyclic) bond motifs is 1. The third-order valence-electron chi connectivity index (χ3n) is 6.34. The quantitative estimate of drug-likeness (QED) is 0.272. The third kappa shape index (κ3) is 4.35. The van der Waals surface area contributed by atoms with Gasteiger partial charge in [-0.2, -0.15) is 5.10 Å². The van der Waals surface area contributed by atoms with Crippen molar-refractivity contribution in [3.8, 4) is 5.75 Å². The van der Waals surface area contributed by atoms with E-state index in [1.54, 1.807) is 18.2 Å². The van der Waals surface area contributed by atoms with Gasteiger partial charge in [0.1, 0.15) is 11.3 Å². The normalized spacial score (nSPS) is 17.5. The molecule has 0 amide bonds. The van der Waals surface area contributed by atoms with Gasteiger partial charge in [-0.3, -0.25) is 0 Å². The summed E-state index contributed by atoms with van der Waals surface area (Å²) < 4.78 is 5.63. The first kappa shape index (κ1) is 21.1. The molecule has 0 aliphatic carbocycles. The molecule has 2 aromatic carbocycles. The van der Waals surface area contributed by atoms with E-state index >= 15 is 0 Å². The molecule has 1 saturated heterocycles. The number of hydrogen-bond donors (Lipinski definition) is 2. The molecule has 31 heavy (non-hydrogen) atoms. The molecule has 3 N–H and O–H groups in total. The summed E-state index contributed by atoms with van der Waals surface area (Å²) >= 11 is 0. The van der Waals surface area contributed by atoms with Gasteiger partial charge in [-0.15, -0.1) is 0 Å². The van der Waals surface area contributed by atoms with Crippen LogP contribution in [0.1, 0.15) is 43.2 Å². The van der Waals surface area contributed by atoms with Gasteiger partial charge in [-0.25, -0.2) is 4.79 Å². The zero-order valence-electron chi connectivity index (χ0n) is 17.8. The van der Waals surface area contributed by atoms with Crippen molar-refractivity contribution in [3.63, 3.8) is 0 Å². The third-order valence-corrected chi connectivity index (χ3v) is 6.34. The van der Waals surface area contributed by atoms with E-state index in [0.717, 1.165) is 37.2 Å². The number of nitrogens with two attached hydrogens (primary N) is 1. The molecule has 0 spiro atoms. The molecule has 162 valence electrons. The standard InChI is InChI=1S/C25H29N3O3/c1-17(27-26)20(16-28-14-8-3-9-15-28)22(18-10-4-2-5-11-18)23-24(29)19-12-6-7-13-21(19)31-25(23)30/h2,4-7,10-13,20,22,29H,3,8-9,14-16,26H2,1H3/b27-17-. The Balaban J connectivity index is 1.90. The summed E-state index contributed by atoms with van der Waals surface area (Å²) in [5, 5.41) is 15.8. The average Bonchev–Trinajstić information content (AvgIpc) is 2.81. The minimum atomic E-state index is -0.529. The minimum absolute atomic E-state index is 0.0332. The van der Waals surface area contributed by atoms with Crippen LogP contribution in [0.5, 0.6) is 5.75 Å². The van der Waals surface area contributed by atoms with Gasteiger partial charge < -0.3 is 20.3 Å². The number of hydrogen-bond acceptors (Lipinski definition) is 6. The predicted molar refractivity (Wildman–Crippen MR) is 124 cm³/mol. The van der Waals surface area contributed by atoms with Gasteiger partial charge in [0, 0.05) is 24.1 Å². The maximum absolute atomic E-state index is 13.2. The molecule has 2 atom stereocenters. The molecule has 3 aromatic rings. The van der Waals surface area contributed by atoms with Crippen LogP contribution in [-0.4, -0.2) is 35.4 Å². The summed E-state index contributed by atoms with van der Waals surface area (Å²) in [5.41, 5.74) is 1.77. The second-order valence-corrected chi connectivity index (χ2v) is 8.27. The fraction of sp³-hybridized carbons (Fsp3) is 0.360. The smallest absolute Gasteiger partial charge is 0.343 e. The summed E-state index contributed by atoms with van der Waals surface area (Å²) in [6.07, 6.45) is 3.55. The second kappa shape index (κ2) is 9.35. The fourth-order valence-corrected chi connectivity index (χ4v) is 4.68. The molecule has 2 heterocycles. The zero-order valence-corrected chi connectivity index (χ0v) is 17.8. The maximum atomic E-state index is 13.2. The number of piperidine rings is 1. The molecule has 1 aliphatic rings. The molecule has 0 bridgehead atoms. The molecular weight excluding hydrogens is 390 g/mol. The van der Waals surface area contributed by atoms with Crippen LogP contribution in [0.15, 0.2) is 68.9 Å². The van der Waals surface area contributed by atoms with Gasteiger partial charge >= 0.3 is 5.63 Å². The molecule has 6 nitrogen and oxygen atoms in total. The SMILES string of the molecule is C/C(=N/N)C(CN1CCCCC1)C(c1ccccc1)c1c(O)c2ccccc2oc1=O. The van der Waals surface area contributed by atoms with Gasteiger partial charge in [-0.05, 0) is 50.6 Å². The van der Waals surface area contributed by atoms with E-state index in [1.807, 2.05) is 43.3 Å². The monoisotopic (exact) mass is 419 g/mol. The number of aromatic hydroxyl groups is 1. The van der Waals surface area contributed by atoms with Gasteiger partial charge in [0.2, 0.25) is 0 Å². The van der Waals surface area contributed by atoms with Crippen molar-refractivity contribution < 1.29 is 9.52 Å². The first-order chi connectivity index (χ1) is 15.1. The highest BCUT2D eigenvalue weighted by atomic mass is 16.4. The number of likely N-dealkylation sites (tertiary alicyclic amines) is 1. The Morgan fingerprint density at radius 1 is 1.10 bits per heavy atom. The highest BCUT2D eigenvalue weighted by molar-refractivity contribution is 5.88. The van der Waals surface area contributed by atoms with Crippen LogP contribution in [0.25, 0.3) is 11.0 Å². The fourth-order valence-electron chi connectivity index (χ4n) is 4.68. The van der Waals surface area contributed by atoms with Crippen molar-refractivity contribution in [2.24, 2.45) is 16.9 Å². The summed E-state index contributed by atoms with van der Waals surface area (Å²) in [6, 6.07) is 16.8. The minimum Gasteiger partial charge on any atom is -0.507 e. The lowest BCUT2D eigenvalue weighted by atomic mass is 9.78. The number of nitrogens with zero attached hydrogens (tertiary/aromatic N) is 2. The maximum Gasteiger partial charge on any atom is 0.343 e. The highest BCUT2D eigenvalue weighted by Crippen LogP contribution is 2.39. The van der Waals surface area contributed by atoms with Gasteiger partial charge in [0.05, 0.1) is 10.9 Å². The van der Waals surface area contributed by atoms with Crippen molar-refractivity contribution in [1.29, 1.82) is 0 Å². The van der Waals surface area contributed by atoms with Crippen molar-refractivity contribution in [1.82, 2.24) is 4.90 Å². The first-order valence-electron chi connectivity index (χ1n) is 10.9. The number of benzene rings is 2. The molecule has 1 aliphatic heterocycles. The summed E-state index contributed by atoms with van der Waals surface area (Å²) in [5.74, 6) is 5.10. The number of para-hydroxylation sites is 1. The Morgan fingerprint density at radius 3 is 2.48 bits per heavy atom. The van der Waals surface area contributed by atoms with Crippen LogP contribution in [0.4, 0.5) is 0 Å². The van der Waals surface area contributed by atoms with Crippen molar-refractivity contribution in [3.05, 3.63) is 76.1 Å². The van der Waals surface area contributed by atoms with Crippen LogP contribution in [0.2, 0.25) is 0 Å².